The van der Waals surface area contributed by atoms with Gasteiger partial charge in [0.05, 0.1) is 6.10 Å². The molecule has 0 spiro atoms. The summed E-state index contributed by atoms with van der Waals surface area (Å²) in [5, 5.41) is 10.2. The Morgan fingerprint density at radius 3 is 2.75 bits per heavy atom. The van der Waals surface area contributed by atoms with Gasteiger partial charge in [0.1, 0.15) is 18.2 Å². The predicted molar refractivity (Wildman–Crippen MR) is 80.5 cm³/mol. The molecule has 0 aliphatic rings. The molecule has 0 saturated carbocycles. The fraction of sp³-hybridized carbons (Fsp3) is 0.200. The molecule has 2 aromatic carbocycles. The maximum atomic E-state index is 13.6. The van der Waals surface area contributed by atoms with Crippen LogP contribution in [0, 0.1) is 5.82 Å². The molecular weight excluding hydrogens is 347 g/mol. The van der Waals surface area contributed by atoms with Crippen molar-refractivity contribution >= 4 is 27.5 Å². The molecule has 20 heavy (non-hydrogen) atoms. The molecule has 2 rings (SSSR count). The second kappa shape index (κ2) is 6.57. The van der Waals surface area contributed by atoms with Crippen LogP contribution < -0.4 is 4.74 Å². The standard InChI is InChI=1S/C15H13BrClFO2/c1-9(19)13-4-2-11(16)7-15(13)20-8-10-6-12(17)3-5-14(10)18/h2-7,9,19H,8H2,1H3. The number of hydrogen-bond acceptors (Lipinski definition) is 2. The molecule has 1 unspecified atom stereocenters. The second-order valence-corrected chi connectivity index (χ2v) is 5.73. The minimum atomic E-state index is -0.665. The summed E-state index contributed by atoms with van der Waals surface area (Å²) in [6.45, 7) is 1.69. The zero-order chi connectivity index (χ0) is 14.7. The number of aliphatic hydroxyl groups excluding tert-OH is 1. The van der Waals surface area contributed by atoms with Gasteiger partial charge in [0, 0.05) is 20.6 Å². The molecule has 0 aliphatic heterocycles. The summed E-state index contributed by atoms with van der Waals surface area (Å²) < 4.78 is 20.0. The third kappa shape index (κ3) is 3.72. The van der Waals surface area contributed by atoms with Crippen LogP contribution in [0.2, 0.25) is 5.02 Å². The molecule has 0 aliphatic carbocycles. The zero-order valence-corrected chi connectivity index (χ0v) is 13.1. The Bertz CT molecular complexity index is 617. The Morgan fingerprint density at radius 1 is 1.30 bits per heavy atom. The lowest BCUT2D eigenvalue weighted by Crippen LogP contribution is -2.02. The van der Waals surface area contributed by atoms with Crippen LogP contribution in [-0.4, -0.2) is 5.11 Å². The molecule has 1 atom stereocenters. The lowest BCUT2D eigenvalue weighted by molar-refractivity contribution is 0.190. The van der Waals surface area contributed by atoms with Crippen molar-refractivity contribution in [2.45, 2.75) is 19.6 Å². The van der Waals surface area contributed by atoms with Crippen molar-refractivity contribution in [1.29, 1.82) is 0 Å². The zero-order valence-electron chi connectivity index (χ0n) is 10.7. The van der Waals surface area contributed by atoms with Crippen molar-refractivity contribution in [3.05, 3.63) is 62.8 Å². The molecule has 0 radical (unpaired) electrons. The minimum absolute atomic E-state index is 0.0442. The maximum absolute atomic E-state index is 13.6. The predicted octanol–water partition coefficient (Wildman–Crippen LogP) is 4.87. The van der Waals surface area contributed by atoms with E-state index in [1.165, 1.54) is 18.2 Å². The quantitative estimate of drug-likeness (QED) is 0.843. The van der Waals surface area contributed by atoms with Gasteiger partial charge in [0.25, 0.3) is 0 Å². The van der Waals surface area contributed by atoms with Crippen molar-refractivity contribution in [2.24, 2.45) is 0 Å². The largest absolute Gasteiger partial charge is 0.488 e. The first kappa shape index (κ1) is 15.3. The molecule has 0 fully saturated rings. The molecule has 0 bridgehead atoms. The van der Waals surface area contributed by atoms with E-state index in [-0.39, 0.29) is 12.4 Å². The summed E-state index contributed by atoms with van der Waals surface area (Å²) in [5.41, 5.74) is 1.02. The van der Waals surface area contributed by atoms with Gasteiger partial charge in [-0.25, -0.2) is 4.39 Å². The average Bonchev–Trinajstić information content (AvgIpc) is 2.39. The minimum Gasteiger partial charge on any atom is -0.488 e. The van der Waals surface area contributed by atoms with Crippen LogP contribution in [0.25, 0.3) is 0 Å². The lowest BCUT2D eigenvalue weighted by atomic mass is 10.1. The van der Waals surface area contributed by atoms with Gasteiger partial charge in [-0.05, 0) is 37.3 Å². The summed E-state index contributed by atoms with van der Waals surface area (Å²) in [6.07, 6.45) is -0.665. The van der Waals surface area contributed by atoms with E-state index in [9.17, 15) is 9.50 Å². The van der Waals surface area contributed by atoms with E-state index < -0.39 is 6.10 Å². The molecule has 106 valence electrons. The van der Waals surface area contributed by atoms with Crippen LogP contribution in [0.15, 0.2) is 40.9 Å². The first-order valence-corrected chi connectivity index (χ1v) is 7.18. The van der Waals surface area contributed by atoms with E-state index in [0.717, 1.165) is 4.47 Å². The fourth-order valence-electron chi connectivity index (χ4n) is 1.79. The highest BCUT2D eigenvalue weighted by atomic mass is 79.9. The molecule has 2 aromatic rings. The highest BCUT2D eigenvalue weighted by Gasteiger charge is 2.11. The van der Waals surface area contributed by atoms with Crippen molar-refractivity contribution in [2.75, 3.05) is 0 Å². The highest BCUT2D eigenvalue weighted by Crippen LogP contribution is 2.29. The van der Waals surface area contributed by atoms with Crippen LogP contribution in [0.4, 0.5) is 4.39 Å². The Labute approximate surface area is 130 Å². The first-order valence-electron chi connectivity index (χ1n) is 6.01. The van der Waals surface area contributed by atoms with Gasteiger partial charge >= 0.3 is 0 Å². The number of benzene rings is 2. The Hall–Kier alpha value is -1.10. The average molecular weight is 360 g/mol. The monoisotopic (exact) mass is 358 g/mol. The number of ether oxygens (including phenoxy) is 1. The van der Waals surface area contributed by atoms with Crippen LogP contribution >= 0.6 is 27.5 Å². The van der Waals surface area contributed by atoms with Gasteiger partial charge in [0.15, 0.2) is 0 Å². The van der Waals surface area contributed by atoms with Gasteiger partial charge in [-0.2, -0.15) is 0 Å². The van der Waals surface area contributed by atoms with Crippen LogP contribution in [0.5, 0.6) is 5.75 Å². The Morgan fingerprint density at radius 2 is 2.05 bits per heavy atom. The maximum Gasteiger partial charge on any atom is 0.129 e. The van der Waals surface area contributed by atoms with Crippen LogP contribution in [0.3, 0.4) is 0 Å². The molecule has 0 heterocycles. The van der Waals surface area contributed by atoms with Crippen molar-refractivity contribution in [1.82, 2.24) is 0 Å². The smallest absolute Gasteiger partial charge is 0.129 e. The van der Waals surface area contributed by atoms with Gasteiger partial charge in [-0.15, -0.1) is 0 Å². The summed E-state index contributed by atoms with van der Waals surface area (Å²) in [5.74, 6) is 0.136. The number of rotatable bonds is 4. The van der Waals surface area contributed by atoms with E-state index in [4.69, 9.17) is 16.3 Å². The second-order valence-electron chi connectivity index (χ2n) is 4.38. The molecule has 0 aromatic heterocycles. The van der Waals surface area contributed by atoms with Crippen molar-refractivity contribution in [3.8, 4) is 5.75 Å². The molecule has 0 amide bonds. The van der Waals surface area contributed by atoms with Gasteiger partial charge in [-0.1, -0.05) is 33.6 Å². The lowest BCUT2D eigenvalue weighted by Gasteiger charge is -2.14. The van der Waals surface area contributed by atoms with Crippen molar-refractivity contribution < 1.29 is 14.2 Å². The summed E-state index contributed by atoms with van der Waals surface area (Å²) >= 11 is 9.18. The molecular formula is C15H13BrClFO2. The number of hydrogen-bond donors (Lipinski definition) is 1. The number of aliphatic hydroxyl groups is 1. The normalized spacial score (nSPS) is 12.2. The van der Waals surface area contributed by atoms with E-state index in [1.807, 2.05) is 6.07 Å². The van der Waals surface area contributed by atoms with Crippen molar-refractivity contribution in [3.63, 3.8) is 0 Å². The van der Waals surface area contributed by atoms with Crippen LogP contribution in [-0.2, 0) is 6.61 Å². The Kier molecular flexibility index (Phi) is 5.02. The van der Waals surface area contributed by atoms with Gasteiger partial charge < -0.3 is 9.84 Å². The van der Waals surface area contributed by atoms with E-state index in [0.29, 0.717) is 21.9 Å². The molecule has 0 saturated heterocycles. The molecule has 5 heteroatoms. The Balaban J connectivity index is 2.22. The SMILES string of the molecule is CC(O)c1ccc(Br)cc1OCc1cc(Cl)ccc1F. The summed E-state index contributed by atoms with van der Waals surface area (Å²) in [6, 6.07) is 9.63. The van der Waals surface area contributed by atoms with Gasteiger partial charge in [0.2, 0.25) is 0 Å². The summed E-state index contributed by atoms with van der Waals surface area (Å²) in [7, 11) is 0. The topological polar surface area (TPSA) is 29.5 Å². The van der Waals surface area contributed by atoms with Gasteiger partial charge in [-0.3, -0.25) is 0 Å². The fourth-order valence-corrected chi connectivity index (χ4v) is 2.32. The third-order valence-electron chi connectivity index (χ3n) is 2.82. The highest BCUT2D eigenvalue weighted by molar-refractivity contribution is 9.10. The molecule has 2 nitrogen and oxygen atoms in total. The number of halogens is 3. The van der Waals surface area contributed by atoms with Crippen LogP contribution in [0.1, 0.15) is 24.2 Å². The van der Waals surface area contributed by atoms with E-state index in [2.05, 4.69) is 15.9 Å². The summed E-state index contributed by atoms with van der Waals surface area (Å²) in [4.78, 5) is 0. The van der Waals surface area contributed by atoms with E-state index in [1.54, 1.807) is 19.1 Å². The third-order valence-corrected chi connectivity index (χ3v) is 3.54. The van der Waals surface area contributed by atoms with E-state index >= 15 is 0 Å². The molecule has 1 N–H and O–H groups in total. The first-order chi connectivity index (χ1) is 9.47.